The van der Waals surface area contributed by atoms with E-state index in [0.717, 1.165) is 10.0 Å². The lowest BCUT2D eigenvalue weighted by molar-refractivity contribution is 0.557. The Morgan fingerprint density at radius 2 is 1.95 bits per heavy atom. The van der Waals surface area contributed by atoms with Crippen molar-refractivity contribution in [2.75, 3.05) is 6.54 Å². The van der Waals surface area contributed by atoms with Gasteiger partial charge in [0, 0.05) is 10.0 Å². The van der Waals surface area contributed by atoms with Gasteiger partial charge in [0.2, 0.25) is 0 Å². The van der Waals surface area contributed by atoms with E-state index in [-0.39, 0.29) is 11.9 Å². The van der Waals surface area contributed by atoms with Crippen LogP contribution in [-0.4, -0.2) is 6.54 Å². The van der Waals surface area contributed by atoms with E-state index in [2.05, 4.69) is 21.2 Å². The van der Waals surface area contributed by atoms with E-state index < -0.39 is 0 Å². The largest absolute Gasteiger partial charge is 0.306 e. The van der Waals surface area contributed by atoms with Crippen molar-refractivity contribution >= 4 is 39.1 Å². The molecule has 0 fully saturated rings. The number of halogens is 4. The summed E-state index contributed by atoms with van der Waals surface area (Å²) in [6.07, 6.45) is 0. The van der Waals surface area contributed by atoms with Crippen LogP contribution in [0.3, 0.4) is 0 Å². The number of hydrogen-bond acceptors (Lipinski definition) is 1. The molecule has 0 radical (unpaired) electrons. The summed E-state index contributed by atoms with van der Waals surface area (Å²) < 4.78 is 14.9. The molecule has 2 aromatic rings. The summed E-state index contributed by atoms with van der Waals surface area (Å²) in [4.78, 5) is 0. The van der Waals surface area contributed by atoms with Crippen LogP contribution in [0.5, 0.6) is 0 Å². The van der Waals surface area contributed by atoms with Crippen LogP contribution in [0, 0.1) is 5.82 Å². The molecule has 0 amide bonds. The third kappa shape index (κ3) is 3.34. The van der Waals surface area contributed by atoms with Crippen LogP contribution in [0.25, 0.3) is 0 Å². The first-order valence-corrected chi connectivity index (χ1v) is 7.71. The Balaban J connectivity index is 2.53. The Labute approximate surface area is 136 Å². The third-order valence-electron chi connectivity index (χ3n) is 2.97. The van der Waals surface area contributed by atoms with Gasteiger partial charge in [-0.1, -0.05) is 58.2 Å². The lowest BCUT2D eigenvalue weighted by atomic mass is 9.98. The standard InChI is InChI=1S/C15H13BrCl2FN/c1-2-20-15(9-6-7-11(17)12(18)8-9)14-10(16)4-3-5-13(14)19/h3-8,15,20H,2H2,1H3. The Bertz CT molecular complexity index is 599. The summed E-state index contributed by atoms with van der Waals surface area (Å²) in [5.41, 5.74) is 1.43. The molecule has 0 aromatic heterocycles. The Kier molecular flexibility index (Phi) is 5.44. The average Bonchev–Trinajstić information content (AvgIpc) is 2.41. The monoisotopic (exact) mass is 375 g/mol. The smallest absolute Gasteiger partial charge is 0.129 e. The summed E-state index contributed by atoms with van der Waals surface area (Å²) in [5.74, 6) is -0.267. The molecular weight excluding hydrogens is 364 g/mol. The summed E-state index contributed by atoms with van der Waals surface area (Å²) in [6.45, 7) is 2.67. The highest BCUT2D eigenvalue weighted by Crippen LogP contribution is 2.33. The van der Waals surface area contributed by atoms with Crippen LogP contribution in [-0.2, 0) is 0 Å². The summed E-state index contributed by atoms with van der Waals surface area (Å²) in [7, 11) is 0. The molecule has 0 aliphatic heterocycles. The van der Waals surface area contributed by atoms with E-state index in [1.807, 2.05) is 19.1 Å². The number of hydrogen-bond donors (Lipinski definition) is 1. The second-order valence-electron chi connectivity index (χ2n) is 4.30. The highest BCUT2D eigenvalue weighted by Gasteiger charge is 2.20. The molecule has 0 aliphatic rings. The fourth-order valence-corrected chi connectivity index (χ4v) is 2.95. The third-order valence-corrected chi connectivity index (χ3v) is 4.40. The van der Waals surface area contributed by atoms with Gasteiger partial charge in [-0.25, -0.2) is 4.39 Å². The second-order valence-corrected chi connectivity index (χ2v) is 5.97. The zero-order valence-electron chi connectivity index (χ0n) is 10.8. The number of benzene rings is 2. The quantitative estimate of drug-likeness (QED) is 0.732. The molecule has 106 valence electrons. The van der Waals surface area contributed by atoms with Crippen molar-refractivity contribution in [3.05, 3.63) is 67.9 Å². The van der Waals surface area contributed by atoms with Crippen molar-refractivity contribution in [1.82, 2.24) is 5.32 Å². The summed E-state index contributed by atoms with van der Waals surface area (Å²) in [5, 5.41) is 4.21. The van der Waals surface area contributed by atoms with Crippen LogP contribution < -0.4 is 5.32 Å². The molecule has 0 bridgehead atoms. The van der Waals surface area contributed by atoms with Gasteiger partial charge in [0.15, 0.2) is 0 Å². The lowest BCUT2D eigenvalue weighted by Gasteiger charge is -2.21. The topological polar surface area (TPSA) is 12.0 Å². The fraction of sp³-hybridized carbons (Fsp3) is 0.200. The Morgan fingerprint density at radius 1 is 1.20 bits per heavy atom. The second kappa shape index (κ2) is 6.90. The van der Waals surface area contributed by atoms with Gasteiger partial charge in [-0.2, -0.15) is 0 Å². The van der Waals surface area contributed by atoms with Gasteiger partial charge in [-0.05, 0) is 36.4 Å². The van der Waals surface area contributed by atoms with Gasteiger partial charge in [0.1, 0.15) is 5.82 Å². The molecule has 1 nitrogen and oxygen atoms in total. The first-order chi connectivity index (χ1) is 9.54. The minimum Gasteiger partial charge on any atom is -0.306 e. The molecule has 1 N–H and O–H groups in total. The summed E-state index contributed by atoms with van der Waals surface area (Å²) >= 11 is 15.4. The van der Waals surface area contributed by atoms with Crippen LogP contribution in [0.15, 0.2) is 40.9 Å². The molecule has 0 saturated carbocycles. The van der Waals surface area contributed by atoms with Crippen molar-refractivity contribution in [3.8, 4) is 0 Å². The molecule has 0 spiro atoms. The first kappa shape index (κ1) is 15.8. The minimum atomic E-state index is -0.287. The highest BCUT2D eigenvalue weighted by molar-refractivity contribution is 9.10. The van der Waals surface area contributed by atoms with Crippen molar-refractivity contribution in [2.24, 2.45) is 0 Å². The minimum absolute atomic E-state index is 0.267. The summed E-state index contributed by atoms with van der Waals surface area (Å²) in [6, 6.07) is 9.98. The van der Waals surface area contributed by atoms with Gasteiger partial charge < -0.3 is 5.32 Å². The normalized spacial score (nSPS) is 12.4. The molecule has 1 unspecified atom stereocenters. The van der Waals surface area contributed by atoms with E-state index in [4.69, 9.17) is 23.2 Å². The maximum atomic E-state index is 14.2. The molecule has 2 rings (SSSR count). The first-order valence-electron chi connectivity index (χ1n) is 6.16. The van der Waals surface area contributed by atoms with Gasteiger partial charge >= 0.3 is 0 Å². The average molecular weight is 377 g/mol. The Morgan fingerprint density at radius 3 is 2.55 bits per heavy atom. The molecule has 5 heteroatoms. The zero-order chi connectivity index (χ0) is 14.7. The maximum Gasteiger partial charge on any atom is 0.129 e. The molecule has 20 heavy (non-hydrogen) atoms. The molecular formula is C15H13BrCl2FN. The van der Waals surface area contributed by atoms with Crippen LogP contribution in [0.1, 0.15) is 24.1 Å². The van der Waals surface area contributed by atoms with Crippen LogP contribution >= 0.6 is 39.1 Å². The van der Waals surface area contributed by atoms with Crippen molar-refractivity contribution in [1.29, 1.82) is 0 Å². The predicted octanol–water partition coefficient (Wildman–Crippen LogP) is 5.59. The van der Waals surface area contributed by atoms with Gasteiger partial charge in [0.25, 0.3) is 0 Å². The van der Waals surface area contributed by atoms with Crippen molar-refractivity contribution < 1.29 is 4.39 Å². The molecule has 1 atom stereocenters. The molecule has 0 aliphatic carbocycles. The van der Waals surface area contributed by atoms with Gasteiger partial charge in [-0.3, -0.25) is 0 Å². The Hall–Kier alpha value is -0.610. The van der Waals surface area contributed by atoms with E-state index >= 15 is 0 Å². The van der Waals surface area contributed by atoms with Gasteiger partial charge in [-0.15, -0.1) is 0 Å². The molecule has 0 saturated heterocycles. The van der Waals surface area contributed by atoms with Crippen molar-refractivity contribution in [3.63, 3.8) is 0 Å². The lowest BCUT2D eigenvalue weighted by Crippen LogP contribution is -2.23. The van der Waals surface area contributed by atoms with Crippen LogP contribution in [0.2, 0.25) is 10.0 Å². The fourth-order valence-electron chi connectivity index (χ4n) is 2.07. The maximum absolute atomic E-state index is 14.2. The number of nitrogens with one attached hydrogen (secondary N) is 1. The number of rotatable bonds is 4. The van der Waals surface area contributed by atoms with Crippen LogP contribution in [0.4, 0.5) is 4.39 Å². The van der Waals surface area contributed by atoms with E-state index in [9.17, 15) is 4.39 Å². The predicted molar refractivity (Wildman–Crippen MR) is 86.1 cm³/mol. The zero-order valence-corrected chi connectivity index (χ0v) is 13.9. The van der Waals surface area contributed by atoms with Crippen molar-refractivity contribution in [2.45, 2.75) is 13.0 Å². The van der Waals surface area contributed by atoms with E-state index in [1.54, 1.807) is 18.2 Å². The molecule has 0 heterocycles. The molecule has 2 aromatic carbocycles. The van der Waals surface area contributed by atoms with E-state index in [1.165, 1.54) is 6.07 Å². The van der Waals surface area contributed by atoms with E-state index in [0.29, 0.717) is 22.2 Å². The highest BCUT2D eigenvalue weighted by atomic mass is 79.9. The SMILES string of the molecule is CCNC(c1ccc(Cl)c(Cl)c1)c1c(F)cccc1Br. The van der Waals surface area contributed by atoms with Gasteiger partial charge in [0.05, 0.1) is 16.1 Å².